The first-order valence-corrected chi connectivity index (χ1v) is 7.55. The molecule has 2 aromatic heterocycles. The first-order chi connectivity index (χ1) is 12.1. The van der Waals surface area contributed by atoms with Crippen molar-refractivity contribution in [2.75, 3.05) is 5.32 Å². The molecule has 0 aliphatic heterocycles. The highest BCUT2D eigenvalue weighted by atomic mass is 19.1. The predicted molar refractivity (Wildman–Crippen MR) is 90.1 cm³/mol. The van der Waals surface area contributed by atoms with Crippen molar-refractivity contribution in [1.29, 1.82) is 0 Å². The van der Waals surface area contributed by atoms with E-state index in [0.717, 1.165) is 11.2 Å². The van der Waals surface area contributed by atoms with Gasteiger partial charge in [-0.25, -0.2) is 9.07 Å². The van der Waals surface area contributed by atoms with Gasteiger partial charge in [-0.15, -0.1) is 0 Å². The summed E-state index contributed by atoms with van der Waals surface area (Å²) in [5.74, 6) is -0.665. The number of fused-ring (bicyclic) bond motifs is 1. The molecule has 2 N–H and O–H groups in total. The Kier molecular flexibility index (Phi) is 3.50. The molecule has 0 saturated carbocycles. The molecule has 1 amide bonds. The molecule has 0 radical (unpaired) electrons. The summed E-state index contributed by atoms with van der Waals surface area (Å²) in [5, 5.41) is 17.6. The zero-order chi connectivity index (χ0) is 17.4. The molecule has 25 heavy (non-hydrogen) atoms. The fraction of sp³-hybridized carbons (Fsp3) is 0.0588. The van der Waals surface area contributed by atoms with E-state index in [1.807, 2.05) is 6.92 Å². The van der Waals surface area contributed by atoms with E-state index in [1.54, 1.807) is 41.1 Å². The number of carbonyl (C=O) groups is 1. The van der Waals surface area contributed by atoms with E-state index >= 15 is 0 Å². The first-order valence-electron chi connectivity index (χ1n) is 7.55. The normalized spacial score (nSPS) is 11.0. The topological polar surface area (TPSA) is 88.5 Å². The number of aryl methyl sites for hydroxylation is 1. The van der Waals surface area contributed by atoms with Crippen molar-refractivity contribution in [2.45, 2.75) is 6.92 Å². The molecule has 4 rings (SSSR count). The van der Waals surface area contributed by atoms with Crippen LogP contribution >= 0.6 is 0 Å². The molecule has 8 heteroatoms. The Hall–Kier alpha value is -3.55. The summed E-state index contributed by atoms with van der Waals surface area (Å²) < 4.78 is 14.7. The van der Waals surface area contributed by atoms with Crippen LogP contribution in [0.5, 0.6) is 0 Å². The summed E-state index contributed by atoms with van der Waals surface area (Å²) >= 11 is 0. The number of H-pyrrole nitrogens is 1. The third kappa shape index (κ3) is 2.85. The first kappa shape index (κ1) is 15.0. The lowest BCUT2D eigenvalue weighted by Gasteiger charge is -2.04. The van der Waals surface area contributed by atoms with Crippen molar-refractivity contribution in [1.82, 2.24) is 25.2 Å². The molecule has 0 saturated heterocycles. The molecule has 4 aromatic rings. The molecule has 0 bridgehead atoms. The van der Waals surface area contributed by atoms with Crippen LogP contribution in [0.2, 0.25) is 0 Å². The van der Waals surface area contributed by atoms with E-state index in [-0.39, 0.29) is 17.4 Å². The van der Waals surface area contributed by atoms with Crippen LogP contribution in [-0.2, 0) is 0 Å². The largest absolute Gasteiger partial charge is 0.321 e. The molecule has 0 unspecified atom stereocenters. The number of anilines is 1. The number of nitrogens with one attached hydrogen (secondary N) is 2. The fourth-order valence-electron chi connectivity index (χ4n) is 2.54. The standard InChI is InChI=1S/C17H13FN6O/c1-10-8-16(22-24(10)13-5-2-11(18)3-6-13)17(25)19-12-4-7-14-15(9-12)21-23-20-14/h2-9H,1H3,(H,19,25)(H,20,21,23). The number of hydrogen-bond donors (Lipinski definition) is 2. The predicted octanol–water partition coefficient (Wildman–Crippen LogP) is 2.84. The summed E-state index contributed by atoms with van der Waals surface area (Å²) in [7, 11) is 0. The number of hydrogen-bond acceptors (Lipinski definition) is 4. The van der Waals surface area contributed by atoms with Crippen LogP contribution in [0.4, 0.5) is 10.1 Å². The van der Waals surface area contributed by atoms with Crippen LogP contribution in [0.3, 0.4) is 0 Å². The van der Waals surface area contributed by atoms with Gasteiger partial charge < -0.3 is 5.32 Å². The van der Waals surface area contributed by atoms with E-state index in [9.17, 15) is 9.18 Å². The quantitative estimate of drug-likeness (QED) is 0.602. The number of benzene rings is 2. The average Bonchev–Trinajstić information content (AvgIpc) is 3.22. The SMILES string of the molecule is Cc1cc(C(=O)Nc2ccc3n[nH]nc3c2)nn1-c1ccc(F)cc1. The maximum absolute atomic E-state index is 13.1. The third-order valence-corrected chi connectivity index (χ3v) is 3.77. The van der Waals surface area contributed by atoms with Gasteiger partial charge in [0.15, 0.2) is 5.69 Å². The van der Waals surface area contributed by atoms with Gasteiger partial charge in [0.1, 0.15) is 16.9 Å². The second-order valence-electron chi connectivity index (χ2n) is 5.54. The third-order valence-electron chi connectivity index (χ3n) is 3.77. The summed E-state index contributed by atoms with van der Waals surface area (Å²) in [6.45, 7) is 1.83. The number of rotatable bonds is 3. The second-order valence-corrected chi connectivity index (χ2v) is 5.54. The highest BCUT2D eigenvalue weighted by molar-refractivity contribution is 6.03. The summed E-state index contributed by atoms with van der Waals surface area (Å²) in [6, 6.07) is 12.8. The van der Waals surface area contributed by atoms with Crippen LogP contribution < -0.4 is 5.32 Å². The lowest BCUT2D eigenvalue weighted by Crippen LogP contribution is -2.13. The average molecular weight is 336 g/mol. The Morgan fingerprint density at radius 2 is 1.84 bits per heavy atom. The van der Waals surface area contributed by atoms with Crippen LogP contribution in [0.1, 0.15) is 16.2 Å². The molecule has 2 aromatic carbocycles. The van der Waals surface area contributed by atoms with Gasteiger partial charge in [0.2, 0.25) is 0 Å². The number of aromatic nitrogens is 5. The number of nitrogens with zero attached hydrogens (tertiary/aromatic N) is 4. The zero-order valence-electron chi connectivity index (χ0n) is 13.2. The molecule has 2 heterocycles. The fourth-order valence-corrected chi connectivity index (χ4v) is 2.54. The van der Waals surface area contributed by atoms with Gasteiger partial charge in [-0.3, -0.25) is 4.79 Å². The molecular weight excluding hydrogens is 323 g/mol. The summed E-state index contributed by atoms with van der Waals surface area (Å²) in [6.07, 6.45) is 0. The zero-order valence-corrected chi connectivity index (χ0v) is 13.2. The molecule has 0 aliphatic rings. The van der Waals surface area contributed by atoms with Gasteiger partial charge in [-0.1, -0.05) is 0 Å². The minimum absolute atomic E-state index is 0.266. The maximum atomic E-state index is 13.1. The molecule has 0 spiro atoms. The smallest absolute Gasteiger partial charge is 0.276 e. The van der Waals surface area contributed by atoms with Gasteiger partial charge in [0.25, 0.3) is 5.91 Å². The highest BCUT2D eigenvalue weighted by Gasteiger charge is 2.14. The Bertz CT molecular complexity index is 1070. The van der Waals surface area contributed by atoms with Crippen molar-refractivity contribution in [2.24, 2.45) is 0 Å². The van der Waals surface area contributed by atoms with Gasteiger partial charge in [0.05, 0.1) is 5.69 Å². The van der Waals surface area contributed by atoms with Crippen LogP contribution in [0, 0.1) is 12.7 Å². The maximum Gasteiger partial charge on any atom is 0.276 e. The van der Waals surface area contributed by atoms with Gasteiger partial charge in [-0.05, 0) is 55.5 Å². The number of amides is 1. The molecule has 7 nitrogen and oxygen atoms in total. The van der Waals surface area contributed by atoms with E-state index in [0.29, 0.717) is 16.9 Å². The lowest BCUT2D eigenvalue weighted by atomic mass is 10.2. The molecular formula is C17H13FN6O. The minimum atomic E-state index is -0.341. The van der Waals surface area contributed by atoms with Gasteiger partial charge >= 0.3 is 0 Å². The second kappa shape index (κ2) is 5.82. The van der Waals surface area contributed by atoms with E-state index < -0.39 is 0 Å². The Labute approximate surface area is 141 Å². The Morgan fingerprint density at radius 1 is 1.08 bits per heavy atom. The lowest BCUT2D eigenvalue weighted by molar-refractivity contribution is 0.102. The van der Waals surface area contributed by atoms with Gasteiger partial charge in [-0.2, -0.15) is 20.5 Å². The van der Waals surface area contributed by atoms with Crippen LogP contribution in [-0.4, -0.2) is 31.1 Å². The van der Waals surface area contributed by atoms with E-state index in [4.69, 9.17) is 0 Å². The number of halogens is 1. The molecule has 0 aliphatic carbocycles. The van der Waals surface area contributed by atoms with Crippen LogP contribution in [0.15, 0.2) is 48.5 Å². The number of carbonyl (C=O) groups excluding carboxylic acids is 1. The number of aromatic amines is 1. The van der Waals surface area contributed by atoms with Crippen molar-refractivity contribution < 1.29 is 9.18 Å². The van der Waals surface area contributed by atoms with Crippen molar-refractivity contribution in [3.8, 4) is 5.69 Å². The van der Waals surface area contributed by atoms with Crippen molar-refractivity contribution in [3.05, 3.63) is 65.7 Å². The van der Waals surface area contributed by atoms with Gasteiger partial charge in [0, 0.05) is 11.4 Å². The van der Waals surface area contributed by atoms with E-state index in [2.05, 4.69) is 25.8 Å². The molecule has 0 atom stereocenters. The molecule has 124 valence electrons. The molecule has 0 fully saturated rings. The minimum Gasteiger partial charge on any atom is -0.321 e. The summed E-state index contributed by atoms with van der Waals surface area (Å²) in [5.41, 5.74) is 3.69. The monoisotopic (exact) mass is 336 g/mol. The van der Waals surface area contributed by atoms with Crippen molar-refractivity contribution in [3.63, 3.8) is 0 Å². The highest BCUT2D eigenvalue weighted by Crippen LogP contribution is 2.17. The van der Waals surface area contributed by atoms with E-state index in [1.165, 1.54) is 12.1 Å². The van der Waals surface area contributed by atoms with Crippen molar-refractivity contribution >= 4 is 22.6 Å². The summed E-state index contributed by atoms with van der Waals surface area (Å²) in [4.78, 5) is 12.4. The Balaban J connectivity index is 1.59. The Morgan fingerprint density at radius 3 is 2.64 bits per heavy atom. The van der Waals surface area contributed by atoms with Crippen LogP contribution in [0.25, 0.3) is 16.7 Å².